The molecule has 12 amide bonds. The van der Waals surface area contributed by atoms with E-state index in [0.29, 0.717) is 37.7 Å². The van der Waals surface area contributed by atoms with Gasteiger partial charge in [0.05, 0.1) is 32.7 Å². The number of primary amides is 2. The quantitative estimate of drug-likeness (QED) is 0.0278. The molecule has 426 valence electrons. The lowest BCUT2D eigenvalue weighted by atomic mass is 9.97. The first-order valence-corrected chi connectivity index (χ1v) is 25.5. The van der Waals surface area contributed by atoms with Crippen molar-refractivity contribution in [2.24, 2.45) is 34.8 Å². The minimum atomic E-state index is -1.66. The summed E-state index contributed by atoms with van der Waals surface area (Å²) < 4.78 is 0. The van der Waals surface area contributed by atoms with Gasteiger partial charge in [0.1, 0.15) is 48.3 Å². The Labute approximate surface area is 443 Å². The summed E-state index contributed by atoms with van der Waals surface area (Å²) in [7, 11) is 0. The smallest absolute Gasteiger partial charge is 0.245 e. The third-order valence-electron chi connectivity index (χ3n) is 11.8. The molecule has 0 aliphatic heterocycles. The molecule has 0 fully saturated rings. The lowest BCUT2D eigenvalue weighted by Crippen LogP contribution is -2.59. The maximum absolute atomic E-state index is 14.1. The highest BCUT2D eigenvalue weighted by Gasteiger charge is 2.34. The van der Waals surface area contributed by atoms with Gasteiger partial charge in [-0.1, -0.05) is 84.2 Å². The van der Waals surface area contributed by atoms with Crippen molar-refractivity contribution < 1.29 is 62.6 Å². The van der Waals surface area contributed by atoms with E-state index < -0.39 is 158 Å². The Morgan fingerprint density at radius 2 is 1.07 bits per heavy atom. The second-order valence-corrected chi connectivity index (χ2v) is 18.8. The first-order valence-electron chi connectivity index (χ1n) is 25.5. The van der Waals surface area contributed by atoms with Crippen molar-refractivity contribution in [1.82, 2.24) is 53.2 Å². The van der Waals surface area contributed by atoms with E-state index in [1.165, 1.54) is 6.92 Å². The number of amides is 12. The van der Waals surface area contributed by atoms with Crippen LogP contribution >= 0.6 is 0 Å². The molecule has 1 aromatic carbocycles. The molecule has 0 saturated carbocycles. The van der Waals surface area contributed by atoms with Crippen molar-refractivity contribution in [3.05, 3.63) is 35.9 Å². The summed E-state index contributed by atoms with van der Waals surface area (Å²) in [6.45, 7) is 7.93. The van der Waals surface area contributed by atoms with Gasteiger partial charge >= 0.3 is 0 Å². The highest BCUT2D eigenvalue weighted by Crippen LogP contribution is 2.12. The van der Waals surface area contributed by atoms with Crippen LogP contribution in [-0.4, -0.2) is 157 Å². The Kier molecular flexibility index (Phi) is 31.5. The molecule has 27 nitrogen and oxygen atoms in total. The van der Waals surface area contributed by atoms with Crippen molar-refractivity contribution in [1.29, 1.82) is 0 Å². The van der Waals surface area contributed by atoms with Gasteiger partial charge in [0.2, 0.25) is 70.9 Å². The zero-order valence-corrected chi connectivity index (χ0v) is 44.4. The summed E-state index contributed by atoms with van der Waals surface area (Å²) in [5, 5.41) is 34.2. The van der Waals surface area contributed by atoms with Crippen molar-refractivity contribution in [2.75, 3.05) is 32.8 Å². The average Bonchev–Trinajstić information content (AvgIpc) is 3.37. The number of hydrogen-bond acceptors (Lipinski definition) is 15. The Hall–Kier alpha value is -7.26. The summed E-state index contributed by atoms with van der Waals surface area (Å²) in [6.07, 6.45) is 2.23. The van der Waals surface area contributed by atoms with Gasteiger partial charge in [-0.3, -0.25) is 57.5 Å². The monoisotopic (exact) mass is 1070 g/mol. The molecule has 0 bridgehead atoms. The lowest BCUT2D eigenvalue weighted by Gasteiger charge is -2.27. The number of rotatable bonds is 37. The number of carbonyl (C=O) groups is 12. The predicted octanol–water partition coefficient (Wildman–Crippen LogP) is -4.92. The first-order chi connectivity index (χ1) is 35.9. The van der Waals surface area contributed by atoms with Crippen molar-refractivity contribution in [3.63, 3.8) is 0 Å². The molecule has 19 N–H and O–H groups in total. The van der Waals surface area contributed by atoms with Crippen molar-refractivity contribution in [3.8, 4) is 0 Å². The highest BCUT2D eigenvalue weighted by atomic mass is 16.3. The highest BCUT2D eigenvalue weighted by molar-refractivity contribution is 5.99. The van der Waals surface area contributed by atoms with E-state index in [1.807, 2.05) is 20.8 Å². The normalized spacial score (nSPS) is 14.5. The van der Waals surface area contributed by atoms with E-state index in [4.69, 9.17) is 22.9 Å². The molecule has 0 unspecified atom stereocenters. The summed E-state index contributed by atoms with van der Waals surface area (Å²) >= 11 is 0. The van der Waals surface area contributed by atoms with E-state index in [-0.39, 0.29) is 31.7 Å². The van der Waals surface area contributed by atoms with Crippen LogP contribution in [0.3, 0.4) is 0 Å². The molecule has 0 aromatic heterocycles. The van der Waals surface area contributed by atoms with Crippen molar-refractivity contribution in [2.45, 2.75) is 154 Å². The zero-order chi connectivity index (χ0) is 57.5. The van der Waals surface area contributed by atoms with Gasteiger partial charge in [-0.25, -0.2) is 0 Å². The van der Waals surface area contributed by atoms with Gasteiger partial charge in [0, 0.05) is 6.42 Å². The van der Waals surface area contributed by atoms with Crippen molar-refractivity contribution >= 4 is 70.9 Å². The molecule has 0 saturated heterocycles. The molecular formula is C49H82N14O13. The van der Waals surface area contributed by atoms with E-state index in [1.54, 1.807) is 44.2 Å². The van der Waals surface area contributed by atoms with Gasteiger partial charge in [-0.2, -0.15) is 0 Å². The predicted molar refractivity (Wildman–Crippen MR) is 278 cm³/mol. The summed E-state index contributed by atoms with van der Waals surface area (Å²) in [6, 6.07) is -1.78. The van der Waals surface area contributed by atoms with Crippen LogP contribution in [0.1, 0.15) is 105 Å². The average molecular weight is 1080 g/mol. The molecule has 0 spiro atoms. The minimum Gasteiger partial charge on any atom is -0.394 e. The topological polar surface area (TPSA) is 449 Å². The Morgan fingerprint density at radius 3 is 1.62 bits per heavy atom. The summed E-state index contributed by atoms with van der Waals surface area (Å²) in [5.41, 5.74) is 22.3. The van der Waals surface area contributed by atoms with E-state index in [2.05, 4.69) is 53.2 Å². The maximum Gasteiger partial charge on any atom is 0.245 e. The van der Waals surface area contributed by atoms with Gasteiger partial charge in [0.15, 0.2) is 0 Å². The molecule has 1 rings (SSSR count). The third kappa shape index (κ3) is 25.8. The number of nitrogens with one attached hydrogen (secondary N) is 10. The van der Waals surface area contributed by atoms with Crippen LogP contribution in [0, 0.1) is 11.8 Å². The van der Waals surface area contributed by atoms with E-state index in [0.717, 1.165) is 6.42 Å². The molecule has 27 heteroatoms. The van der Waals surface area contributed by atoms with Gasteiger partial charge in [0.25, 0.3) is 0 Å². The second-order valence-electron chi connectivity index (χ2n) is 18.8. The molecule has 0 heterocycles. The summed E-state index contributed by atoms with van der Waals surface area (Å²) in [5.74, 6) is -10.6. The number of hydrogen-bond donors (Lipinski definition) is 15. The molecule has 0 aliphatic carbocycles. The van der Waals surface area contributed by atoms with Gasteiger partial charge in [-0.05, 0) is 63.0 Å². The van der Waals surface area contributed by atoms with Crippen LogP contribution in [0.25, 0.3) is 0 Å². The Morgan fingerprint density at radius 1 is 0.539 bits per heavy atom. The number of aliphatic hydroxyl groups is 1. The van der Waals surface area contributed by atoms with E-state index >= 15 is 0 Å². The zero-order valence-electron chi connectivity index (χ0n) is 44.4. The fourth-order valence-electron chi connectivity index (χ4n) is 7.32. The fourth-order valence-corrected chi connectivity index (χ4v) is 7.32. The number of nitrogens with two attached hydrogens (primary N) is 4. The number of aliphatic hydroxyl groups excluding tert-OH is 1. The molecule has 9 atom stereocenters. The number of unbranched alkanes of at least 4 members (excludes halogenated alkanes) is 2. The number of benzene rings is 1. The lowest BCUT2D eigenvalue weighted by molar-refractivity contribution is -0.135. The molecule has 0 aliphatic rings. The SMILES string of the molecule is CCCC[C@H](NC(=O)[C@H](CC(C)C)NC(=O)CNC(=O)[C@@H](NC(=O)[C@H](Cc1ccccc1)NC(=O)[C@H](C)NC(=O)CNC(=O)[C@H](CCCCN)NC(=O)[C@H](CC(N)=O)NC(=O)[C@H](CO)NC(=O)CN)[C@@H](C)CC)C(N)=O. The van der Waals surface area contributed by atoms with Gasteiger partial charge < -0.3 is 81.2 Å². The van der Waals surface area contributed by atoms with Crippen LogP contribution in [-0.2, 0) is 64.0 Å². The van der Waals surface area contributed by atoms with Crippen LogP contribution < -0.4 is 76.1 Å². The number of carbonyl (C=O) groups excluding carboxylic acids is 12. The standard InChI is InChI=1S/C49H82N14O13/c1-7-9-17-31(42(53)69)59-45(72)33(20-27(3)4)57-40(68)25-55-49(76)41(28(5)8-2)63-47(74)34(21-30-15-11-10-12-16-30)61-43(70)29(6)56-39(67)24-54-44(71)32(18-13-14-19-50)60-46(73)35(22-37(52)65)62-48(75)36(26-64)58-38(66)23-51/h10-12,15-16,27-29,31-36,41,64H,7-9,13-14,17-26,50-51H2,1-6H3,(H2,52,65)(H2,53,69)(H,54,71)(H,55,76)(H,56,67)(H,57,68)(H,58,66)(H,59,72)(H,60,73)(H,61,70)(H,62,75)(H,63,74)/t28-,29-,31-,32-,33-,34-,35-,36-,41-/m0/s1. The first kappa shape index (κ1) is 66.8. The van der Waals surface area contributed by atoms with Crippen LogP contribution in [0.15, 0.2) is 30.3 Å². The maximum atomic E-state index is 14.1. The Balaban J connectivity index is 3.17. The summed E-state index contributed by atoms with van der Waals surface area (Å²) in [4.78, 5) is 156. The van der Waals surface area contributed by atoms with E-state index in [9.17, 15) is 62.6 Å². The third-order valence-corrected chi connectivity index (χ3v) is 11.8. The molecule has 1 aromatic rings. The molecule has 76 heavy (non-hydrogen) atoms. The van der Waals surface area contributed by atoms with Gasteiger partial charge in [-0.15, -0.1) is 0 Å². The second kappa shape index (κ2) is 35.9. The van der Waals surface area contributed by atoms with Crippen LogP contribution in [0.2, 0.25) is 0 Å². The fraction of sp³-hybridized carbons (Fsp3) is 0.633. The molecule has 0 radical (unpaired) electrons. The van der Waals surface area contributed by atoms with Crippen LogP contribution in [0.4, 0.5) is 0 Å². The van der Waals surface area contributed by atoms with Crippen LogP contribution in [0.5, 0.6) is 0 Å². The Bertz CT molecular complexity index is 2110. The largest absolute Gasteiger partial charge is 0.394 e. The molecular weight excluding hydrogens is 993 g/mol. The minimum absolute atomic E-state index is 0.0165.